The molecule has 3 heteroatoms. The summed E-state index contributed by atoms with van der Waals surface area (Å²) in [6, 6.07) is 30.1. The first-order valence-electron chi connectivity index (χ1n) is 7.65. The van der Waals surface area contributed by atoms with Crippen molar-refractivity contribution < 1.29 is 4.43 Å². The Bertz CT molecular complexity index is 702. The van der Waals surface area contributed by atoms with Gasteiger partial charge in [-0.1, -0.05) is 84.4 Å². The van der Waals surface area contributed by atoms with E-state index in [1.54, 1.807) is 0 Å². The van der Waals surface area contributed by atoms with Gasteiger partial charge in [0.2, 0.25) is 0 Å². The summed E-state index contributed by atoms with van der Waals surface area (Å²) in [6.07, 6.45) is 0. The fourth-order valence-electron chi connectivity index (χ4n) is 2.98. The highest BCUT2D eigenvalue weighted by Crippen LogP contribution is 2.17. The van der Waals surface area contributed by atoms with E-state index in [1.165, 1.54) is 15.9 Å². The molecule has 0 aliphatic heterocycles. The number of benzene rings is 3. The van der Waals surface area contributed by atoms with E-state index in [9.17, 15) is 0 Å². The largest absolute Gasteiger partial charge is 0.411 e. The molecule has 0 fully saturated rings. The lowest BCUT2D eigenvalue weighted by atomic mass is 10.2. The summed E-state index contributed by atoms with van der Waals surface area (Å²) in [4.78, 5) is 0. The van der Waals surface area contributed by atoms with E-state index in [0.717, 1.165) is 11.1 Å². The van der Waals surface area contributed by atoms with Crippen LogP contribution in [0.3, 0.4) is 0 Å². The van der Waals surface area contributed by atoms with Gasteiger partial charge in [-0.25, -0.2) is 0 Å². The topological polar surface area (TPSA) is 9.23 Å². The number of hydrogen-bond donors (Lipinski definition) is 0. The molecule has 0 aliphatic rings. The second kappa shape index (κ2) is 7.13. The van der Waals surface area contributed by atoms with Gasteiger partial charge in [0.05, 0.1) is 0 Å². The first-order valence-corrected chi connectivity index (χ1v) is 10.1. The van der Waals surface area contributed by atoms with Gasteiger partial charge in [-0.05, 0) is 34.1 Å². The average molecular weight is 339 g/mol. The van der Waals surface area contributed by atoms with Crippen LogP contribution in [0.4, 0.5) is 0 Å². The zero-order valence-corrected chi connectivity index (χ0v) is 14.8. The fraction of sp³-hybridized carbons (Fsp3) is 0.100. The SMILES string of the molecule is CO[Si](Cc1ccc(Cl)cc1)(c1ccccc1)c1ccccc1. The molecule has 3 rings (SSSR count). The molecule has 0 N–H and O–H groups in total. The Morgan fingerprint density at radius 1 is 0.739 bits per heavy atom. The van der Waals surface area contributed by atoms with Crippen LogP contribution in [-0.4, -0.2) is 15.4 Å². The molecule has 0 saturated heterocycles. The maximum Gasteiger partial charge on any atom is 0.259 e. The van der Waals surface area contributed by atoms with Crippen LogP contribution in [0, 0.1) is 0 Å². The molecule has 0 unspecified atom stereocenters. The Morgan fingerprint density at radius 3 is 1.65 bits per heavy atom. The van der Waals surface area contributed by atoms with Gasteiger partial charge >= 0.3 is 0 Å². The molecular formula is C20H19ClOSi. The first-order chi connectivity index (χ1) is 11.2. The molecule has 23 heavy (non-hydrogen) atoms. The zero-order chi connectivity index (χ0) is 16.1. The Kier molecular flexibility index (Phi) is 4.96. The standard InChI is InChI=1S/C20H19ClOSi/c1-22-23(19-8-4-2-5-9-19,20-10-6-3-7-11-20)16-17-12-14-18(21)15-13-17/h2-15H,16H2,1H3. The molecule has 116 valence electrons. The molecule has 0 radical (unpaired) electrons. The normalized spacial score (nSPS) is 11.4. The minimum atomic E-state index is -2.32. The molecule has 0 aliphatic carbocycles. The van der Waals surface area contributed by atoms with Crippen molar-refractivity contribution in [1.82, 2.24) is 0 Å². The average Bonchev–Trinajstić information content (AvgIpc) is 2.63. The lowest BCUT2D eigenvalue weighted by Crippen LogP contribution is -2.62. The van der Waals surface area contributed by atoms with Crippen molar-refractivity contribution in [2.75, 3.05) is 7.11 Å². The van der Waals surface area contributed by atoms with Crippen LogP contribution in [0.2, 0.25) is 5.02 Å². The van der Waals surface area contributed by atoms with E-state index >= 15 is 0 Å². The predicted molar refractivity (Wildman–Crippen MR) is 100 cm³/mol. The van der Waals surface area contributed by atoms with Crippen molar-refractivity contribution in [3.63, 3.8) is 0 Å². The summed E-state index contributed by atoms with van der Waals surface area (Å²) in [5, 5.41) is 3.32. The summed E-state index contributed by atoms with van der Waals surface area (Å²) in [7, 11) is -0.488. The third-order valence-electron chi connectivity index (χ3n) is 4.19. The van der Waals surface area contributed by atoms with Crippen LogP contribution >= 0.6 is 11.6 Å². The lowest BCUT2D eigenvalue weighted by molar-refractivity contribution is 0.414. The Morgan fingerprint density at radius 2 is 1.22 bits per heavy atom. The predicted octanol–water partition coefficient (Wildman–Crippen LogP) is 3.83. The molecule has 0 atom stereocenters. The Balaban J connectivity index is 2.11. The highest BCUT2D eigenvalue weighted by Gasteiger charge is 2.38. The van der Waals surface area contributed by atoms with Crippen LogP contribution in [0.25, 0.3) is 0 Å². The summed E-state index contributed by atoms with van der Waals surface area (Å²) < 4.78 is 6.25. The summed E-state index contributed by atoms with van der Waals surface area (Å²) in [6.45, 7) is 0. The molecule has 0 heterocycles. The van der Waals surface area contributed by atoms with Gasteiger partial charge in [-0.3, -0.25) is 0 Å². The number of rotatable bonds is 5. The van der Waals surface area contributed by atoms with Gasteiger partial charge in [0, 0.05) is 12.1 Å². The summed E-state index contributed by atoms with van der Waals surface area (Å²) >= 11 is 6.03. The fourth-order valence-corrected chi connectivity index (χ4v) is 6.74. The van der Waals surface area contributed by atoms with Crippen molar-refractivity contribution >= 4 is 30.3 Å². The molecule has 0 aromatic heterocycles. The molecule has 0 bridgehead atoms. The van der Waals surface area contributed by atoms with Crippen LogP contribution in [0.1, 0.15) is 5.56 Å². The summed E-state index contributed by atoms with van der Waals surface area (Å²) in [5.74, 6) is 0. The highest BCUT2D eigenvalue weighted by molar-refractivity contribution is 6.97. The molecule has 3 aromatic carbocycles. The lowest BCUT2D eigenvalue weighted by Gasteiger charge is -2.31. The van der Waals surface area contributed by atoms with Crippen molar-refractivity contribution in [3.05, 3.63) is 95.5 Å². The van der Waals surface area contributed by atoms with E-state index in [4.69, 9.17) is 16.0 Å². The van der Waals surface area contributed by atoms with Crippen molar-refractivity contribution in [2.45, 2.75) is 6.04 Å². The third-order valence-corrected chi connectivity index (χ3v) is 8.58. The minimum Gasteiger partial charge on any atom is -0.411 e. The second-order valence-corrected chi connectivity index (χ2v) is 9.57. The van der Waals surface area contributed by atoms with E-state index < -0.39 is 8.32 Å². The minimum absolute atomic E-state index is 0.762. The molecule has 0 saturated carbocycles. The quantitative estimate of drug-likeness (QED) is 0.642. The van der Waals surface area contributed by atoms with Crippen molar-refractivity contribution in [1.29, 1.82) is 0 Å². The van der Waals surface area contributed by atoms with Gasteiger partial charge in [-0.2, -0.15) is 0 Å². The van der Waals surface area contributed by atoms with Crippen molar-refractivity contribution in [2.24, 2.45) is 0 Å². The van der Waals surface area contributed by atoms with Gasteiger partial charge in [0.1, 0.15) is 0 Å². The van der Waals surface area contributed by atoms with E-state index in [0.29, 0.717) is 0 Å². The Hall–Kier alpha value is -1.87. The van der Waals surface area contributed by atoms with Crippen LogP contribution < -0.4 is 10.4 Å². The van der Waals surface area contributed by atoms with Gasteiger partial charge in [0.25, 0.3) is 8.32 Å². The highest BCUT2D eigenvalue weighted by atomic mass is 35.5. The second-order valence-electron chi connectivity index (χ2n) is 5.57. The molecule has 1 nitrogen and oxygen atoms in total. The van der Waals surface area contributed by atoms with E-state index in [2.05, 4.69) is 60.7 Å². The van der Waals surface area contributed by atoms with Crippen LogP contribution in [0.5, 0.6) is 0 Å². The first kappa shape index (κ1) is 16.0. The molecule has 0 spiro atoms. The number of halogens is 1. The van der Waals surface area contributed by atoms with Gasteiger partial charge in [0.15, 0.2) is 0 Å². The maximum atomic E-state index is 6.25. The summed E-state index contributed by atoms with van der Waals surface area (Å²) in [5.41, 5.74) is 1.25. The monoisotopic (exact) mass is 338 g/mol. The molecule has 3 aromatic rings. The van der Waals surface area contributed by atoms with E-state index in [-0.39, 0.29) is 0 Å². The maximum absolute atomic E-state index is 6.25. The molecular weight excluding hydrogens is 320 g/mol. The third kappa shape index (κ3) is 3.40. The van der Waals surface area contributed by atoms with Crippen LogP contribution in [0.15, 0.2) is 84.9 Å². The van der Waals surface area contributed by atoms with Crippen molar-refractivity contribution in [3.8, 4) is 0 Å². The Labute approximate surface area is 143 Å². The molecule has 0 amide bonds. The van der Waals surface area contributed by atoms with Gasteiger partial charge in [-0.15, -0.1) is 0 Å². The number of hydrogen-bond acceptors (Lipinski definition) is 1. The van der Waals surface area contributed by atoms with Crippen LogP contribution in [-0.2, 0) is 10.5 Å². The van der Waals surface area contributed by atoms with E-state index in [1.807, 2.05) is 31.4 Å². The van der Waals surface area contributed by atoms with Gasteiger partial charge < -0.3 is 4.43 Å². The zero-order valence-electron chi connectivity index (χ0n) is 13.1. The smallest absolute Gasteiger partial charge is 0.259 e.